The van der Waals surface area contributed by atoms with Crippen molar-refractivity contribution < 1.29 is 9.53 Å². The molecule has 1 saturated heterocycles. The Balaban J connectivity index is 1.74. The number of benzene rings is 1. The van der Waals surface area contributed by atoms with E-state index in [9.17, 15) is 4.79 Å². The number of hydrogen-bond donors (Lipinski definition) is 1. The molecule has 1 aromatic carbocycles. The van der Waals surface area contributed by atoms with Crippen molar-refractivity contribution in [2.75, 3.05) is 13.6 Å². The summed E-state index contributed by atoms with van der Waals surface area (Å²) in [6.45, 7) is 1.44. The first-order valence-electron chi connectivity index (χ1n) is 7.07. The summed E-state index contributed by atoms with van der Waals surface area (Å²) >= 11 is 6.27. The number of carbonyl (C=O) groups is 1. The number of likely N-dealkylation sites (tertiary alicyclic amines) is 1. The van der Waals surface area contributed by atoms with Crippen LogP contribution in [0.5, 0.6) is 5.75 Å². The number of nitrogens with zero attached hydrogens (tertiary/aromatic N) is 1. The van der Waals surface area contributed by atoms with Gasteiger partial charge in [0, 0.05) is 43.2 Å². The highest BCUT2D eigenvalue weighted by molar-refractivity contribution is 6.31. The van der Waals surface area contributed by atoms with E-state index in [-0.39, 0.29) is 12.0 Å². The first-order chi connectivity index (χ1) is 9.65. The molecule has 20 heavy (non-hydrogen) atoms. The lowest BCUT2D eigenvalue weighted by atomic mass is 10.2. The number of carbonyl (C=O) groups excluding carboxylic acids is 1. The highest BCUT2D eigenvalue weighted by Gasteiger charge is 2.31. The Morgan fingerprint density at radius 3 is 2.85 bits per heavy atom. The Labute approximate surface area is 124 Å². The van der Waals surface area contributed by atoms with Gasteiger partial charge in [0.2, 0.25) is 0 Å². The predicted octanol–water partition coefficient (Wildman–Crippen LogP) is 2.20. The van der Waals surface area contributed by atoms with Crippen LogP contribution in [0.3, 0.4) is 0 Å². The largest absolute Gasteiger partial charge is 0.480 e. The van der Waals surface area contributed by atoms with Gasteiger partial charge in [-0.15, -0.1) is 0 Å². The number of hydrogen-bond acceptors (Lipinski definition) is 3. The molecular weight excluding hydrogens is 276 g/mol. The van der Waals surface area contributed by atoms with Gasteiger partial charge in [-0.25, -0.2) is 0 Å². The molecule has 0 radical (unpaired) electrons. The third-order valence-corrected chi connectivity index (χ3v) is 4.22. The Morgan fingerprint density at radius 2 is 2.20 bits per heavy atom. The van der Waals surface area contributed by atoms with Gasteiger partial charge in [0.1, 0.15) is 5.75 Å². The molecule has 1 aliphatic heterocycles. The zero-order chi connectivity index (χ0) is 14.1. The van der Waals surface area contributed by atoms with E-state index in [4.69, 9.17) is 16.3 Å². The van der Waals surface area contributed by atoms with Crippen LogP contribution in [0.15, 0.2) is 18.2 Å². The van der Waals surface area contributed by atoms with E-state index in [1.807, 2.05) is 18.2 Å². The van der Waals surface area contributed by atoms with Gasteiger partial charge in [-0.3, -0.25) is 4.79 Å². The van der Waals surface area contributed by atoms with Gasteiger partial charge in [-0.2, -0.15) is 0 Å². The Bertz CT molecular complexity index is 517. The molecule has 0 aromatic heterocycles. The molecule has 1 unspecified atom stereocenters. The standard InChI is InChI=1S/C15H19ClN2O2/c1-18-8-7-14(15(18)19)20-13-4-2-3-12(16)11(13)9-17-10-5-6-10/h2-4,10,14,17H,5-9H2,1H3. The SMILES string of the molecule is CN1CCC(Oc2cccc(Cl)c2CNC2CC2)C1=O. The summed E-state index contributed by atoms with van der Waals surface area (Å²) in [6.07, 6.45) is 2.81. The summed E-state index contributed by atoms with van der Waals surface area (Å²) in [6, 6.07) is 6.22. The minimum Gasteiger partial charge on any atom is -0.480 e. The average molecular weight is 295 g/mol. The molecule has 1 aliphatic carbocycles. The van der Waals surface area contributed by atoms with Crippen LogP contribution in [0.2, 0.25) is 5.02 Å². The molecule has 1 N–H and O–H groups in total. The van der Waals surface area contributed by atoms with Gasteiger partial charge in [0.25, 0.3) is 5.91 Å². The minimum absolute atomic E-state index is 0.0473. The van der Waals surface area contributed by atoms with E-state index in [1.165, 1.54) is 12.8 Å². The zero-order valence-electron chi connectivity index (χ0n) is 11.6. The topological polar surface area (TPSA) is 41.6 Å². The molecule has 0 spiro atoms. The average Bonchev–Trinajstić information content (AvgIpc) is 3.20. The lowest BCUT2D eigenvalue weighted by molar-refractivity contribution is -0.132. The maximum absolute atomic E-state index is 11.9. The van der Waals surface area contributed by atoms with E-state index in [0.29, 0.717) is 17.6 Å². The fraction of sp³-hybridized carbons (Fsp3) is 0.533. The maximum Gasteiger partial charge on any atom is 0.263 e. The summed E-state index contributed by atoms with van der Waals surface area (Å²) in [5.41, 5.74) is 0.948. The van der Waals surface area contributed by atoms with E-state index < -0.39 is 0 Å². The van der Waals surface area contributed by atoms with Crippen molar-refractivity contribution in [2.45, 2.75) is 38.0 Å². The van der Waals surface area contributed by atoms with Crippen molar-refractivity contribution in [3.8, 4) is 5.75 Å². The molecule has 1 atom stereocenters. The van der Waals surface area contributed by atoms with Gasteiger partial charge in [-0.05, 0) is 25.0 Å². The van der Waals surface area contributed by atoms with Gasteiger partial charge in [0.05, 0.1) is 0 Å². The van der Waals surface area contributed by atoms with Crippen LogP contribution in [0.4, 0.5) is 0 Å². The Kier molecular flexibility index (Phi) is 3.85. The fourth-order valence-electron chi connectivity index (χ4n) is 2.41. The second-order valence-electron chi connectivity index (χ2n) is 5.53. The third-order valence-electron chi connectivity index (χ3n) is 3.87. The van der Waals surface area contributed by atoms with Crippen LogP contribution in [0, 0.1) is 0 Å². The molecular formula is C15H19ClN2O2. The van der Waals surface area contributed by atoms with Gasteiger partial charge < -0.3 is 15.0 Å². The van der Waals surface area contributed by atoms with Crippen molar-refractivity contribution >= 4 is 17.5 Å². The van der Waals surface area contributed by atoms with Crippen molar-refractivity contribution in [3.05, 3.63) is 28.8 Å². The smallest absolute Gasteiger partial charge is 0.263 e. The first-order valence-corrected chi connectivity index (χ1v) is 7.45. The monoisotopic (exact) mass is 294 g/mol. The highest BCUT2D eigenvalue weighted by atomic mass is 35.5. The Hall–Kier alpha value is -1.26. The summed E-state index contributed by atoms with van der Waals surface area (Å²) in [5.74, 6) is 0.769. The van der Waals surface area contributed by atoms with Crippen molar-refractivity contribution in [1.82, 2.24) is 10.2 Å². The van der Waals surface area contributed by atoms with Gasteiger partial charge in [-0.1, -0.05) is 17.7 Å². The zero-order valence-corrected chi connectivity index (χ0v) is 12.3. The molecule has 4 nitrogen and oxygen atoms in total. The van der Waals surface area contributed by atoms with E-state index >= 15 is 0 Å². The predicted molar refractivity (Wildman–Crippen MR) is 78.0 cm³/mol. The molecule has 108 valence electrons. The molecule has 1 amide bonds. The van der Waals surface area contributed by atoms with Crippen molar-refractivity contribution in [1.29, 1.82) is 0 Å². The van der Waals surface area contributed by atoms with Gasteiger partial charge >= 0.3 is 0 Å². The molecule has 2 aliphatic rings. The van der Waals surface area contributed by atoms with Crippen LogP contribution >= 0.6 is 11.6 Å². The molecule has 1 heterocycles. The molecule has 0 bridgehead atoms. The maximum atomic E-state index is 11.9. The molecule has 3 rings (SSSR count). The molecule has 1 saturated carbocycles. The number of halogens is 1. The molecule has 1 aromatic rings. The van der Waals surface area contributed by atoms with Crippen molar-refractivity contribution in [3.63, 3.8) is 0 Å². The normalized spacial score (nSPS) is 22.4. The second kappa shape index (κ2) is 5.62. The lowest BCUT2D eigenvalue weighted by Gasteiger charge is -2.17. The summed E-state index contributed by atoms with van der Waals surface area (Å²) in [5, 5.41) is 4.13. The fourth-order valence-corrected chi connectivity index (χ4v) is 2.64. The molecule has 2 fully saturated rings. The minimum atomic E-state index is -0.377. The van der Waals surface area contributed by atoms with Crippen LogP contribution < -0.4 is 10.1 Å². The third kappa shape index (κ3) is 2.91. The van der Waals surface area contributed by atoms with Crippen LogP contribution in [0.1, 0.15) is 24.8 Å². The first kappa shape index (κ1) is 13.7. The second-order valence-corrected chi connectivity index (χ2v) is 5.93. The van der Waals surface area contributed by atoms with Crippen LogP contribution in [-0.4, -0.2) is 36.5 Å². The van der Waals surface area contributed by atoms with Crippen LogP contribution in [0.25, 0.3) is 0 Å². The highest BCUT2D eigenvalue weighted by Crippen LogP contribution is 2.30. The van der Waals surface area contributed by atoms with E-state index in [1.54, 1.807) is 11.9 Å². The number of ether oxygens (including phenoxy) is 1. The lowest BCUT2D eigenvalue weighted by Crippen LogP contribution is -2.30. The Morgan fingerprint density at radius 1 is 1.40 bits per heavy atom. The van der Waals surface area contributed by atoms with E-state index in [2.05, 4.69) is 5.32 Å². The number of amides is 1. The number of rotatable bonds is 5. The van der Waals surface area contributed by atoms with E-state index in [0.717, 1.165) is 24.3 Å². The molecule has 5 heteroatoms. The number of likely N-dealkylation sites (N-methyl/N-ethyl adjacent to an activating group) is 1. The summed E-state index contributed by atoms with van der Waals surface area (Å²) in [7, 11) is 1.80. The summed E-state index contributed by atoms with van der Waals surface area (Å²) < 4.78 is 5.91. The van der Waals surface area contributed by atoms with Gasteiger partial charge in [0.15, 0.2) is 6.10 Å². The van der Waals surface area contributed by atoms with Crippen LogP contribution in [-0.2, 0) is 11.3 Å². The quantitative estimate of drug-likeness (QED) is 0.905. The van der Waals surface area contributed by atoms with Crippen molar-refractivity contribution in [2.24, 2.45) is 0 Å². The number of nitrogens with one attached hydrogen (secondary N) is 1. The summed E-state index contributed by atoms with van der Waals surface area (Å²) in [4.78, 5) is 13.6.